The van der Waals surface area contributed by atoms with Crippen molar-refractivity contribution in [3.8, 4) is 6.07 Å². The maximum atomic E-state index is 9.41. The van der Waals surface area contributed by atoms with Crippen LogP contribution in [0.1, 0.15) is 44.4 Å². The van der Waals surface area contributed by atoms with Gasteiger partial charge in [0, 0.05) is 0 Å². The fourth-order valence-electron chi connectivity index (χ4n) is 3.14. The van der Waals surface area contributed by atoms with Gasteiger partial charge in [0.25, 0.3) is 0 Å². The van der Waals surface area contributed by atoms with Crippen LogP contribution in [-0.2, 0) is 5.54 Å². The SMILES string of the molecule is C[C@H](O)c1cn(C23CCC(C#N)(C2)C3)nn1. The van der Waals surface area contributed by atoms with Crippen molar-refractivity contribution in [3.63, 3.8) is 0 Å². The van der Waals surface area contributed by atoms with Gasteiger partial charge in [-0.25, -0.2) is 4.68 Å². The summed E-state index contributed by atoms with van der Waals surface area (Å²) in [6.45, 7) is 1.68. The van der Waals surface area contributed by atoms with Gasteiger partial charge in [-0.3, -0.25) is 0 Å². The minimum atomic E-state index is -0.577. The van der Waals surface area contributed by atoms with E-state index in [4.69, 9.17) is 5.26 Å². The Balaban J connectivity index is 1.88. The van der Waals surface area contributed by atoms with E-state index >= 15 is 0 Å². The summed E-state index contributed by atoms with van der Waals surface area (Å²) >= 11 is 0. The number of hydrogen-bond donors (Lipinski definition) is 1. The van der Waals surface area contributed by atoms with Crippen LogP contribution >= 0.6 is 0 Å². The number of aliphatic hydroxyl groups excluding tert-OH is 1. The molecule has 3 fully saturated rings. The number of hydrogen-bond acceptors (Lipinski definition) is 4. The van der Waals surface area contributed by atoms with Gasteiger partial charge in [-0.2, -0.15) is 5.26 Å². The number of aromatic nitrogens is 3. The van der Waals surface area contributed by atoms with Crippen LogP contribution in [0.3, 0.4) is 0 Å². The van der Waals surface area contributed by atoms with Crippen molar-refractivity contribution in [2.75, 3.05) is 0 Å². The summed E-state index contributed by atoms with van der Waals surface area (Å²) in [6, 6.07) is 2.42. The quantitative estimate of drug-likeness (QED) is 0.807. The lowest BCUT2D eigenvalue weighted by Crippen LogP contribution is -2.44. The predicted octanol–water partition coefficient (Wildman–Crippen LogP) is 1.12. The lowest BCUT2D eigenvalue weighted by atomic mass is 9.66. The number of aliphatic hydroxyl groups is 1. The fourth-order valence-corrected chi connectivity index (χ4v) is 3.14. The smallest absolute Gasteiger partial charge is 0.111 e. The van der Waals surface area contributed by atoms with Gasteiger partial charge in [-0.15, -0.1) is 5.10 Å². The molecule has 3 saturated carbocycles. The lowest BCUT2D eigenvalue weighted by Gasteiger charge is -2.42. The fraction of sp³-hybridized carbons (Fsp3) is 0.727. The minimum absolute atomic E-state index is 0.00979. The maximum absolute atomic E-state index is 9.41. The van der Waals surface area contributed by atoms with Crippen LogP contribution < -0.4 is 0 Å². The normalized spacial score (nSPS) is 37.8. The molecule has 0 saturated heterocycles. The van der Waals surface area contributed by atoms with E-state index in [1.165, 1.54) is 0 Å². The Hall–Kier alpha value is -1.41. The van der Waals surface area contributed by atoms with Crippen LogP contribution in [0.4, 0.5) is 0 Å². The molecule has 1 aromatic heterocycles. The third kappa shape index (κ3) is 1.08. The van der Waals surface area contributed by atoms with Gasteiger partial charge in [-0.1, -0.05) is 5.21 Å². The Morgan fingerprint density at radius 3 is 2.81 bits per heavy atom. The standard InChI is InChI=1S/C11H14N4O/c1-8(16)9-4-15(14-13-9)11-3-2-10(5-11,6-11)7-12/h4,8,16H,2-3,5-6H2,1H3/t8-,10?,11?/m0/s1. The third-order valence-electron chi connectivity index (χ3n) is 4.07. The molecule has 1 atom stereocenters. The molecule has 1 N–H and O–H groups in total. The van der Waals surface area contributed by atoms with Gasteiger partial charge >= 0.3 is 0 Å². The molecule has 0 unspecified atom stereocenters. The molecule has 5 heteroatoms. The zero-order valence-electron chi connectivity index (χ0n) is 9.22. The maximum Gasteiger partial charge on any atom is 0.111 e. The number of nitriles is 1. The van der Waals surface area contributed by atoms with E-state index in [2.05, 4.69) is 16.4 Å². The zero-order valence-corrected chi connectivity index (χ0v) is 9.22. The van der Waals surface area contributed by atoms with Crippen molar-refractivity contribution >= 4 is 0 Å². The first-order valence-corrected chi connectivity index (χ1v) is 5.61. The second-order valence-corrected chi connectivity index (χ2v) is 5.23. The van der Waals surface area contributed by atoms with E-state index < -0.39 is 6.10 Å². The van der Waals surface area contributed by atoms with E-state index in [1.807, 2.05) is 10.9 Å². The van der Waals surface area contributed by atoms with Crippen molar-refractivity contribution in [1.82, 2.24) is 15.0 Å². The highest BCUT2D eigenvalue weighted by molar-refractivity contribution is 5.22. The third-order valence-corrected chi connectivity index (χ3v) is 4.07. The molecular formula is C11H14N4O. The van der Waals surface area contributed by atoms with Gasteiger partial charge in [0.1, 0.15) is 5.69 Å². The highest BCUT2D eigenvalue weighted by Gasteiger charge is 2.63. The van der Waals surface area contributed by atoms with Crippen molar-refractivity contribution in [2.24, 2.45) is 5.41 Å². The Morgan fingerprint density at radius 1 is 1.56 bits per heavy atom. The van der Waals surface area contributed by atoms with Gasteiger partial charge in [0.05, 0.1) is 29.3 Å². The summed E-state index contributed by atoms with van der Waals surface area (Å²) in [4.78, 5) is 0. The largest absolute Gasteiger partial charge is 0.387 e. The molecule has 1 aromatic rings. The molecule has 0 spiro atoms. The van der Waals surface area contributed by atoms with Gasteiger partial charge in [-0.05, 0) is 32.6 Å². The van der Waals surface area contributed by atoms with Crippen LogP contribution in [0.2, 0.25) is 0 Å². The molecule has 84 valence electrons. The van der Waals surface area contributed by atoms with Crippen LogP contribution in [0.25, 0.3) is 0 Å². The summed E-state index contributed by atoms with van der Waals surface area (Å²) in [5.41, 5.74) is 0.517. The van der Waals surface area contributed by atoms with Crippen LogP contribution in [0, 0.1) is 16.7 Å². The number of nitrogens with zero attached hydrogens (tertiary/aromatic N) is 4. The van der Waals surface area contributed by atoms with Gasteiger partial charge in [0.2, 0.25) is 0 Å². The molecule has 4 rings (SSSR count). The Bertz CT molecular complexity index is 465. The van der Waals surface area contributed by atoms with Crippen molar-refractivity contribution in [3.05, 3.63) is 11.9 Å². The molecule has 3 aliphatic carbocycles. The van der Waals surface area contributed by atoms with Gasteiger partial charge in [0.15, 0.2) is 0 Å². The monoisotopic (exact) mass is 218 g/mol. The Kier molecular flexibility index (Phi) is 1.73. The topological polar surface area (TPSA) is 74.7 Å². The lowest BCUT2D eigenvalue weighted by molar-refractivity contribution is 0.0860. The molecule has 3 aliphatic rings. The molecule has 0 radical (unpaired) electrons. The summed E-state index contributed by atoms with van der Waals surface area (Å²) in [6.07, 6.45) is 4.99. The first kappa shape index (κ1) is 9.79. The van der Waals surface area contributed by atoms with E-state index in [9.17, 15) is 5.11 Å². The Labute approximate surface area is 93.7 Å². The predicted molar refractivity (Wildman–Crippen MR) is 55.1 cm³/mol. The van der Waals surface area contributed by atoms with Crippen LogP contribution in [0.5, 0.6) is 0 Å². The average molecular weight is 218 g/mol. The highest BCUT2D eigenvalue weighted by atomic mass is 16.3. The summed E-state index contributed by atoms with van der Waals surface area (Å²) in [5, 5.41) is 26.5. The van der Waals surface area contributed by atoms with E-state index in [1.54, 1.807) is 6.92 Å². The molecular weight excluding hydrogens is 204 g/mol. The van der Waals surface area contributed by atoms with E-state index in [0.29, 0.717) is 5.69 Å². The van der Waals surface area contributed by atoms with E-state index in [-0.39, 0.29) is 11.0 Å². The molecule has 1 heterocycles. The van der Waals surface area contributed by atoms with Crippen molar-refractivity contribution in [1.29, 1.82) is 5.26 Å². The first-order valence-electron chi connectivity index (χ1n) is 5.61. The van der Waals surface area contributed by atoms with Crippen molar-refractivity contribution < 1.29 is 5.11 Å². The number of rotatable bonds is 2. The summed E-state index contributed by atoms with van der Waals surface area (Å²) in [5.74, 6) is 0. The summed E-state index contributed by atoms with van der Waals surface area (Å²) in [7, 11) is 0. The van der Waals surface area contributed by atoms with E-state index in [0.717, 1.165) is 25.7 Å². The molecule has 16 heavy (non-hydrogen) atoms. The Morgan fingerprint density at radius 2 is 2.31 bits per heavy atom. The molecule has 2 bridgehead atoms. The van der Waals surface area contributed by atoms with Gasteiger partial charge < -0.3 is 5.11 Å². The highest BCUT2D eigenvalue weighted by Crippen LogP contribution is 2.64. The molecule has 5 nitrogen and oxygen atoms in total. The summed E-state index contributed by atoms with van der Waals surface area (Å²) < 4.78 is 1.86. The zero-order chi connectivity index (χ0) is 11.4. The molecule has 0 aliphatic heterocycles. The van der Waals surface area contributed by atoms with Crippen LogP contribution in [-0.4, -0.2) is 20.1 Å². The second-order valence-electron chi connectivity index (χ2n) is 5.23. The second kappa shape index (κ2) is 2.83. The number of fused-ring (bicyclic) bond motifs is 1. The first-order chi connectivity index (χ1) is 7.59. The van der Waals surface area contributed by atoms with Crippen molar-refractivity contribution in [2.45, 2.75) is 44.2 Å². The average Bonchev–Trinajstić information content (AvgIpc) is 2.89. The van der Waals surface area contributed by atoms with Crippen LogP contribution in [0.15, 0.2) is 6.20 Å². The minimum Gasteiger partial charge on any atom is -0.387 e. The molecule has 0 aromatic carbocycles. The molecule has 0 amide bonds.